The molecule has 0 spiro atoms. The van der Waals surface area contributed by atoms with Gasteiger partial charge in [0.2, 0.25) is 9.76 Å². The lowest BCUT2D eigenvalue weighted by atomic mass is 9.96. The Labute approximate surface area is 331 Å². The van der Waals surface area contributed by atoms with Crippen LogP contribution in [0.3, 0.4) is 0 Å². The van der Waals surface area contributed by atoms with E-state index < -0.39 is 35.7 Å². The van der Waals surface area contributed by atoms with Gasteiger partial charge in [-0.15, -0.1) is 0 Å². The lowest BCUT2D eigenvalue weighted by molar-refractivity contribution is -0.146. The number of rotatable bonds is 19. The van der Waals surface area contributed by atoms with Crippen LogP contribution in [0.25, 0.3) is 0 Å². The molecule has 1 heterocycles. The molecular formula is C40H54N4O11Si. The predicted molar refractivity (Wildman–Crippen MR) is 212 cm³/mol. The van der Waals surface area contributed by atoms with Gasteiger partial charge in [0.1, 0.15) is 25.9 Å². The number of nitrogens with one attached hydrogen (secondary N) is 3. The molecule has 0 aliphatic carbocycles. The maximum Gasteiger partial charge on any atom is 0.411 e. The molecule has 2 unspecified atom stereocenters. The molecule has 16 heteroatoms. The Kier molecular flexibility index (Phi) is 17.0. The molecule has 3 N–H and O–H groups in total. The zero-order valence-corrected chi connectivity index (χ0v) is 34.3. The summed E-state index contributed by atoms with van der Waals surface area (Å²) in [7, 11) is 3.16. The second-order valence-electron chi connectivity index (χ2n) is 14.4. The van der Waals surface area contributed by atoms with Gasteiger partial charge in [0.15, 0.2) is 11.5 Å². The molecule has 2 atom stereocenters. The van der Waals surface area contributed by atoms with E-state index in [9.17, 15) is 24.0 Å². The smallest absolute Gasteiger partial charge is 0.411 e. The second kappa shape index (κ2) is 21.1. The minimum absolute atomic E-state index is 0.0246. The standard InChI is InChI=1S/C40H54N4O11Si/c1-10-21-52-34(45)19-18-29(36(47)53-22-11-2)42-37(48)41-27-16-14-26(15-17-27)25-54-38(49)43-30-24-32(51-9)31(50-8)23-28(30)35(46)44-20-12-13-33(44)40(6,7)55-56-39(3,4)5/h10-11,14-17,23-24,29,33H,1-2,12-13,18-22,25H2,3-9H3,(H,43,49)(H2,41,42,48). The number of likely N-dealkylation sites (tertiary alicyclic amines) is 1. The summed E-state index contributed by atoms with van der Waals surface area (Å²) in [5.41, 5.74) is 0.750. The van der Waals surface area contributed by atoms with Crippen LogP contribution in [0.2, 0.25) is 5.04 Å². The lowest BCUT2D eigenvalue weighted by Crippen LogP contribution is -2.51. The van der Waals surface area contributed by atoms with Crippen molar-refractivity contribution < 1.29 is 52.1 Å². The third-order valence-corrected chi connectivity index (χ3v) is 9.68. The zero-order chi connectivity index (χ0) is 41.5. The Morgan fingerprint density at radius 2 is 1.55 bits per heavy atom. The van der Waals surface area contributed by atoms with Crippen LogP contribution >= 0.6 is 0 Å². The highest BCUT2D eigenvalue weighted by Gasteiger charge is 2.42. The fraction of sp³-hybridized carbons (Fsp3) is 0.475. The number of carbonyl (C=O) groups is 5. The van der Waals surface area contributed by atoms with Gasteiger partial charge < -0.3 is 43.6 Å². The third-order valence-electron chi connectivity index (χ3n) is 8.44. The van der Waals surface area contributed by atoms with Crippen molar-refractivity contribution in [1.82, 2.24) is 10.2 Å². The molecule has 1 aliphatic heterocycles. The Bertz CT molecular complexity index is 1710. The molecule has 304 valence electrons. The summed E-state index contributed by atoms with van der Waals surface area (Å²) in [6, 6.07) is 7.46. The van der Waals surface area contributed by atoms with Crippen molar-refractivity contribution in [2.45, 2.75) is 89.6 Å². The van der Waals surface area contributed by atoms with E-state index in [4.69, 9.17) is 28.1 Å². The lowest BCUT2D eigenvalue weighted by Gasteiger charge is -2.39. The molecule has 1 aliphatic rings. The molecule has 0 saturated carbocycles. The average Bonchev–Trinajstić information content (AvgIpc) is 3.67. The van der Waals surface area contributed by atoms with E-state index in [0.717, 1.165) is 12.8 Å². The first kappa shape index (κ1) is 45.0. The predicted octanol–water partition coefficient (Wildman–Crippen LogP) is 6.42. The van der Waals surface area contributed by atoms with E-state index in [1.165, 1.54) is 32.4 Å². The minimum Gasteiger partial charge on any atom is -0.493 e. The largest absolute Gasteiger partial charge is 0.493 e. The van der Waals surface area contributed by atoms with Gasteiger partial charge in [-0.2, -0.15) is 0 Å². The van der Waals surface area contributed by atoms with Crippen LogP contribution in [-0.2, 0) is 34.8 Å². The first-order chi connectivity index (χ1) is 26.5. The Balaban J connectivity index is 1.67. The summed E-state index contributed by atoms with van der Waals surface area (Å²) in [6.07, 6.45) is 3.36. The minimum atomic E-state index is -1.13. The van der Waals surface area contributed by atoms with E-state index in [1.807, 2.05) is 13.8 Å². The van der Waals surface area contributed by atoms with Gasteiger partial charge in [0.05, 0.1) is 37.1 Å². The van der Waals surface area contributed by atoms with Crippen molar-refractivity contribution in [3.8, 4) is 11.5 Å². The summed E-state index contributed by atoms with van der Waals surface area (Å²) in [5, 5.41) is 7.81. The Morgan fingerprint density at radius 1 is 0.911 bits per heavy atom. The van der Waals surface area contributed by atoms with Gasteiger partial charge in [-0.3, -0.25) is 14.9 Å². The number of benzene rings is 2. The Morgan fingerprint density at radius 3 is 2.18 bits per heavy atom. The molecule has 3 rings (SSSR count). The number of anilines is 2. The molecular weight excluding hydrogens is 741 g/mol. The van der Waals surface area contributed by atoms with E-state index >= 15 is 0 Å². The summed E-state index contributed by atoms with van der Waals surface area (Å²) in [6.45, 7) is 17.6. The number of esters is 2. The number of urea groups is 1. The highest BCUT2D eigenvalue weighted by Crippen LogP contribution is 2.38. The Hall–Kier alpha value is -5.35. The van der Waals surface area contributed by atoms with E-state index in [1.54, 1.807) is 35.2 Å². The number of hydrogen-bond acceptors (Lipinski definition) is 11. The van der Waals surface area contributed by atoms with Gasteiger partial charge >= 0.3 is 24.1 Å². The first-order valence-electron chi connectivity index (χ1n) is 18.2. The van der Waals surface area contributed by atoms with Crippen molar-refractivity contribution in [2.75, 3.05) is 44.6 Å². The van der Waals surface area contributed by atoms with Crippen molar-refractivity contribution >= 4 is 51.1 Å². The third kappa shape index (κ3) is 13.7. The molecule has 2 radical (unpaired) electrons. The van der Waals surface area contributed by atoms with Crippen LogP contribution in [0, 0.1) is 0 Å². The summed E-state index contributed by atoms with van der Waals surface area (Å²) in [5.74, 6) is -0.958. The topological polar surface area (TPSA) is 180 Å². The van der Waals surface area contributed by atoms with Gasteiger partial charge in [-0.1, -0.05) is 58.2 Å². The maximum atomic E-state index is 14.2. The summed E-state index contributed by atoms with van der Waals surface area (Å²) >= 11 is 0. The van der Waals surface area contributed by atoms with Crippen LogP contribution in [0.1, 0.15) is 76.2 Å². The fourth-order valence-corrected chi connectivity index (χ4v) is 6.39. The van der Waals surface area contributed by atoms with Crippen LogP contribution in [0.4, 0.5) is 21.0 Å². The normalized spacial score (nSPS) is 14.5. The summed E-state index contributed by atoms with van der Waals surface area (Å²) < 4.78 is 32.8. The molecule has 1 fully saturated rings. The van der Waals surface area contributed by atoms with Crippen molar-refractivity contribution in [3.05, 3.63) is 72.8 Å². The zero-order valence-electron chi connectivity index (χ0n) is 33.3. The molecule has 2 aromatic rings. The molecule has 0 aromatic heterocycles. The molecule has 56 heavy (non-hydrogen) atoms. The number of methoxy groups -OCH3 is 2. The van der Waals surface area contributed by atoms with Gasteiger partial charge in [0.25, 0.3) is 5.91 Å². The van der Waals surface area contributed by atoms with Crippen LogP contribution in [-0.4, -0.2) is 96.3 Å². The fourth-order valence-electron chi connectivity index (χ4n) is 5.68. The summed E-state index contributed by atoms with van der Waals surface area (Å²) in [4.78, 5) is 66.3. The quantitative estimate of drug-likeness (QED) is 0.0619. The van der Waals surface area contributed by atoms with Crippen molar-refractivity contribution in [3.63, 3.8) is 0 Å². The van der Waals surface area contributed by atoms with E-state index in [2.05, 4.69) is 49.9 Å². The van der Waals surface area contributed by atoms with Crippen molar-refractivity contribution in [2.24, 2.45) is 0 Å². The molecule has 1 saturated heterocycles. The average molecular weight is 795 g/mol. The number of amides is 4. The number of hydrogen-bond donors (Lipinski definition) is 3. The van der Waals surface area contributed by atoms with E-state index in [-0.39, 0.29) is 70.7 Å². The molecule has 15 nitrogen and oxygen atoms in total. The van der Waals surface area contributed by atoms with Crippen LogP contribution < -0.4 is 25.4 Å². The van der Waals surface area contributed by atoms with Gasteiger partial charge in [-0.05, 0) is 61.9 Å². The highest BCUT2D eigenvalue weighted by atomic mass is 28.2. The SMILES string of the molecule is C=CCOC(=O)CCC(NC(=O)Nc1ccc(COC(=O)Nc2cc(OC)c(OC)cc2C(=O)N2CCCC2C(C)(C)O[Si]C(C)(C)C)cc1)C(=O)OCC=C. The van der Waals surface area contributed by atoms with E-state index in [0.29, 0.717) is 29.3 Å². The van der Waals surface area contributed by atoms with Crippen LogP contribution in [0.15, 0.2) is 61.7 Å². The monoisotopic (exact) mass is 794 g/mol. The van der Waals surface area contributed by atoms with Gasteiger partial charge in [0, 0.05) is 24.7 Å². The second-order valence-corrected chi connectivity index (χ2v) is 16.4. The number of ether oxygens (including phenoxy) is 5. The maximum absolute atomic E-state index is 14.2. The number of carbonyl (C=O) groups excluding carboxylic acids is 5. The molecule has 4 amide bonds. The highest BCUT2D eigenvalue weighted by molar-refractivity contribution is 6.31. The first-order valence-corrected chi connectivity index (χ1v) is 19.1. The van der Waals surface area contributed by atoms with Crippen molar-refractivity contribution in [1.29, 1.82) is 0 Å². The molecule has 0 bridgehead atoms. The number of nitrogens with zero attached hydrogens (tertiary/aromatic N) is 1. The van der Waals surface area contributed by atoms with Gasteiger partial charge in [-0.25, -0.2) is 14.4 Å². The molecule has 2 aromatic carbocycles. The van der Waals surface area contributed by atoms with Crippen LogP contribution in [0.5, 0.6) is 11.5 Å².